The third-order valence-corrected chi connectivity index (χ3v) is 5.07. The molecule has 1 aromatic carbocycles. The van der Waals surface area contributed by atoms with Crippen LogP contribution in [0.1, 0.15) is 25.1 Å². The van der Waals surface area contributed by atoms with Crippen molar-refractivity contribution < 1.29 is 4.79 Å². The van der Waals surface area contributed by atoms with Gasteiger partial charge in [-0.2, -0.15) is 0 Å². The van der Waals surface area contributed by atoms with Crippen LogP contribution >= 0.6 is 24.8 Å². The number of hydrogen-bond acceptors (Lipinski definition) is 4. The van der Waals surface area contributed by atoms with Gasteiger partial charge >= 0.3 is 0 Å². The molecular weight excluding hydrogens is 373 g/mol. The van der Waals surface area contributed by atoms with E-state index >= 15 is 0 Å². The maximum atomic E-state index is 12.5. The van der Waals surface area contributed by atoms with Gasteiger partial charge in [-0.3, -0.25) is 4.79 Å². The van der Waals surface area contributed by atoms with E-state index in [4.69, 9.17) is 0 Å². The Morgan fingerprint density at radius 1 is 1.15 bits per heavy atom. The third-order valence-electron chi connectivity index (χ3n) is 5.07. The molecule has 2 aliphatic heterocycles. The van der Waals surface area contributed by atoms with Crippen LogP contribution in [-0.2, 0) is 17.9 Å². The van der Waals surface area contributed by atoms with Gasteiger partial charge in [0.2, 0.25) is 5.91 Å². The van der Waals surface area contributed by atoms with Crippen LogP contribution < -0.4 is 5.32 Å². The van der Waals surface area contributed by atoms with Gasteiger partial charge in [0.05, 0.1) is 6.54 Å². The van der Waals surface area contributed by atoms with Gasteiger partial charge in [-0.25, -0.2) is 0 Å². The van der Waals surface area contributed by atoms with E-state index in [1.165, 1.54) is 6.42 Å². The standard InChI is InChI=1S/C18H23N5O.2ClH/c24-17(7-6-14-8-9-19-12-14)22-10-11-23-16(13-22)20-21-18(23)15-4-2-1-3-5-15;;/h1-5,14,19H,6-13H2;2*1H. The molecule has 1 aromatic heterocycles. The van der Waals surface area contributed by atoms with Gasteiger partial charge in [-0.05, 0) is 31.8 Å². The number of carbonyl (C=O) groups excluding carboxylic acids is 1. The highest BCUT2D eigenvalue weighted by atomic mass is 35.5. The molecule has 8 heteroatoms. The van der Waals surface area contributed by atoms with Crippen molar-refractivity contribution in [3.05, 3.63) is 36.2 Å². The normalized spacial score (nSPS) is 18.6. The summed E-state index contributed by atoms with van der Waals surface area (Å²) in [6, 6.07) is 10.1. The molecule has 1 saturated heterocycles. The fourth-order valence-electron chi connectivity index (χ4n) is 3.62. The Labute approximate surface area is 166 Å². The predicted octanol–water partition coefficient (Wildman–Crippen LogP) is 2.52. The van der Waals surface area contributed by atoms with Crippen molar-refractivity contribution >= 4 is 30.7 Å². The van der Waals surface area contributed by atoms with E-state index in [0.717, 1.165) is 49.8 Å². The summed E-state index contributed by atoms with van der Waals surface area (Å²) in [6.07, 6.45) is 2.83. The smallest absolute Gasteiger partial charge is 0.223 e. The zero-order valence-electron chi connectivity index (χ0n) is 14.6. The summed E-state index contributed by atoms with van der Waals surface area (Å²) in [5.41, 5.74) is 1.07. The van der Waals surface area contributed by atoms with Gasteiger partial charge in [0.15, 0.2) is 11.6 Å². The molecule has 142 valence electrons. The van der Waals surface area contributed by atoms with Gasteiger partial charge in [-0.15, -0.1) is 35.0 Å². The molecule has 1 fully saturated rings. The number of fused-ring (bicyclic) bond motifs is 1. The van der Waals surface area contributed by atoms with Crippen LogP contribution in [0.4, 0.5) is 0 Å². The first-order valence-electron chi connectivity index (χ1n) is 8.77. The van der Waals surface area contributed by atoms with Gasteiger partial charge in [0.25, 0.3) is 0 Å². The molecule has 0 saturated carbocycles. The average Bonchev–Trinajstić information content (AvgIpc) is 3.29. The Bertz CT molecular complexity index is 716. The van der Waals surface area contributed by atoms with E-state index in [0.29, 0.717) is 18.9 Å². The summed E-state index contributed by atoms with van der Waals surface area (Å²) in [5.74, 6) is 2.69. The third kappa shape index (κ3) is 4.37. The molecule has 0 spiro atoms. The molecule has 2 aliphatic rings. The largest absolute Gasteiger partial charge is 0.333 e. The highest BCUT2D eigenvalue weighted by Gasteiger charge is 2.25. The first-order valence-corrected chi connectivity index (χ1v) is 8.77. The molecule has 0 aliphatic carbocycles. The fourth-order valence-corrected chi connectivity index (χ4v) is 3.62. The van der Waals surface area contributed by atoms with E-state index in [1.54, 1.807) is 0 Å². The average molecular weight is 398 g/mol. The number of nitrogens with one attached hydrogen (secondary N) is 1. The Kier molecular flexibility index (Phi) is 7.43. The van der Waals surface area contributed by atoms with Crippen LogP contribution in [0.5, 0.6) is 0 Å². The van der Waals surface area contributed by atoms with E-state index in [-0.39, 0.29) is 30.7 Å². The SMILES string of the molecule is Cl.Cl.O=C(CCC1CCNC1)N1CCn2c(nnc2-c2ccccc2)C1. The number of carbonyl (C=O) groups is 1. The number of amides is 1. The van der Waals surface area contributed by atoms with Gasteiger partial charge < -0.3 is 14.8 Å². The zero-order chi connectivity index (χ0) is 16.4. The lowest BCUT2D eigenvalue weighted by atomic mass is 10.0. The molecule has 2 aromatic rings. The maximum Gasteiger partial charge on any atom is 0.223 e. The lowest BCUT2D eigenvalue weighted by Gasteiger charge is -2.28. The molecule has 0 bridgehead atoms. The zero-order valence-corrected chi connectivity index (χ0v) is 16.3. The number of aromatic nitrogens is 3. The second kappa shape index (κ2) is 9.35. The molecule has 6 nitrogen and oxygen atoms in total. The minimum atomic E-state index is 0. The molecule has 0 radical (unpaired) electrons. The van der Waals surface area contributed by atoms with Crippen molar-refractivity contribution in [2.45, 2.75) is 32.4 Å². The quantitative estimate of drug-likeness (QED) is 0.860. The molecule has 1 amide bonds. The number of rotatable bonds is 4. The van der Waals surface area contributed by atoms with Crippen LogP contribution in [0.25, 0.3) is 11.4 Å². The molecule has 1 atom stereocenters. The molecule has 1 N–H and O–H groups in total. The van der Waals surface area contributed by atoms with E-state index < -0.39 is 0 Å². The van der Waals surface area contributed by atoms with Crippen LogP contribution in [0.2, 0.25) is 0 Å². The first-order chi connectivity index (χ1) is 11.8. The number of hydrogen-bond donors (Lipinski definition) is 1. The summed E-state index contributed by atoms with van der Waals surface area (Å²) >= 11 is 0. The Balaban J connectivity index is 0.00000121. The number of nitrogens with zero attached hydrogens (tertiary/aromatic N) is 4. The van der Waals surface area contributed by atoms with Crippen LogP contribution in [0.3, 0.4) is 0 Å². The number of benzene rings is 1. The fraction of sp³-hybridized carbons (Fsp3) is 0.500. The summed E-state index contributed by atoms with van der Waals surface area (Å²) in [6.45, 7) is 4.23. The minimum Gasteiger partial charge on any atom is -0.333 e. The molecule has 26 heavy (non-hydrogen) atoms. The monoisotopic (exact) mass is 397 g/mol. The molecule has 1 unspecified atom stereocenters. The molecular formula is C18H25Cl2N5O. The maximum absolute atomic E-state index is 12.5. The summed E-state index contributed by atoms with van der Waals surface area (Å²) in [5, 5.41) is 12.0. The van der Waals surface area contributed by atoms with E-state index in [1.807, 2.05) is 35.2 Å². The van der Waals surface area contributed by atoms with Crippen LogP contribution in [0, 0.1) is 5.92 Å². The van der Waals surface area contributed by atoms with Crippen molar-refractivity contribution in [2.24, 2.45) is 5.92 Å². The van der Waals surface area contributed by atoms with Crippen molar-refractivity contribution in [2.75, 3.05) is 19.6 Å². The van der Waals surface area contributed by atoms with Gasteiger partial charge in [0.1, 0.15) is 0 Å². The van der Waals surface area contributed by atoms with Gasteiger partial charge in [-0.1, -0.05) is 30.3 Å². The second-order valence-corrected chi connectivity index (χ2v) is 6.67. The van der Waals surface area contributed by atoms with Crippen molar-refractivity contribution in [1.82, 2.24) is 25.0 Å². The van der Waals surface area contributed by atoms with Crippen molar-refractivity contribution in [1.29, 1.82) is 0 Å². The Morgan fingerprint density at radius 2 is 1.96 bits per heavy atom. The summed E-state index contributed by atoms with van der Waals surface area (Å²) < 4.78 is 2.14. The molecule has 4 rings (SSSR count). The lowest BCUT2D eigenvalue weighted by molar-refractivity contribution is -0.133. The second-order valence-electron chi connectivity index (χ2n) is 6.67. The molecule has 3 heterocycles. The van der Waals surface area contributed by atoms with Crippen molar-refractivity contribution in [3.8, 4) is 11.4 Å². The lowest BCUT2D eigenvalue weighted by Crippen LogP contribution is -2.38. The highest BCUT2D eigenvalue weighted by molar-refractivity contribution is 5.85. The van der Waals surface area contributed by atoms with E-state index in [9.17, 15) is 4.79 Å². The van der Waals surface area contributed by atoms with Crippen LogP contribution in [0.15, 0.2) is 30.3 Å². The Hall–Kier alpha value is -1.63. The van der Waals surface area contributed by atoms with Crippen molar-refractivity contribution in [3.63, 3.8) is 0 Å². The number of halogens is 2. The highest BCUT2D eigenvalue weighted by Crippen LogP contribution is 2.22. The van der Waals surface area contributed by atoms with Crippen LogP contribution in [-0.4, -0.2) is 45.2 Å². The topological polar surface area (TPSA) is 63.1 Å². The summed E-state index contributed by atoms with van der Waals surface area (Å²) in [7, 11) is 0. The Morgan fingerprint density at radius 3 is 2.69 bits per heavy atom. The minimum absolute atomic E-state index is 0. The van der Waals surface area contributed by atoms with E-state index in [2.05, 4.69) is 20.1 Å². The first kappa shape index (κ1) is 20.7. The van der Waals surface area contributed by atoms with Gasteiger partial charge in [0, 0.05) is 25.1 Å². The predicted molar refractivity (Wildman–Crippen MR) is 106 cm³/mol. The summed E-state index contributed by atoms with van der Waals surface area (Å²) in [4.78, 5) is 14.4.